The Balaban J connectivity index is 2.73. The number of hydrogen-bond acceptors (Lipinski definition) is 2. The first-order valence-electron chi connectivity index (χ1n) is 5.42. The van der Waals surface area contributed by atoms with Crippen LogP contribution in [0.4, 0.5) is 0 Å². The van der Waals surface area contributed by atoms with Crippen LogP contribution in [0.2, 0.25) is 0 Å². The molecular formula is C12H14BrN3O. The van der Waals surface area contributed by atoms with Gasteiger partial charge in [0, 0.05) is 24.8 Å². The summed E-state index contributed by atoms with van der Waals surface area (Å²) < 4.78 is 2.77. The number of carbonyl (C=O) groups excluding carboxylic acids is 1. The number of aryl methyl sites for hydroxylation is 1. The normalized spacial score (nSPS) is 10.8. The maximum atomic E-state index is 12.2. The summed E-state index contributed by atoms with van der Waals surface area (Å²) in [5.74, 6) is -0.0209. The Hall–Kier alpha value is -1.36. The second-order valence-corrected chi connectivity index (χ2v) is 4.95. The molecule has 2 aromatic rings. The Bertz CT molecular complexity index is 574. The average Bonchev–Trinajstić information content (AvgIpc) is 2.65. The van der Waals surface area contributed by atoms with Crippen LogP contribution in [0.25, 0.3) is 5.65 Å². The van der Waals surface area contributed by atoms with Crippen molar-refractivity contribution in [2.75, 3.05) is 14.1 Å². The molecule has 2 aromatic heterocycles. The third-order valence-corrected chi connectivity index (χ3v) is 3.07. The molecule has 0 spiro atoms. The van der Waals surface area contributed by atoms with E-state index in [1.165, 1.54) is 0 Å². The first kappa shape index (κ1) is 12.1. The number of fused-ring (bicyclic) bond motifs is 1. The fourth-order valence-corrected chi connectivity index (χ4v) is 2.09. The van der Waals surface area contributed by atoms with E-state index in [0.717, 1.165) is 22.2 Å². The molecule has 0 aromatic carbocycles. The Morgan fingerprint density at radius 1 is 1.47 bits per heavy atom. The maximum Gasteiger partial charge on any atom is 0.272 e. The molecule has 0 atom stereocenters. The van der Waals surface area contributed by atoms with Gasteiger partial charge in [-0.15, -0.1) is 0 Å². The van der Waals surface area contributed by atoms with Gasteiger partial charge < -0.3 is 4.90 Å². The van der Waals surface area contributed by atoms with Crippen LogP contribution in [0.3, 0.4) is 0 Å². The van der Waals surface area contributed by atoms with Gasteiger partial charge in [0.15, 0.2) is 0 Å². The maximum absolute atomic E-state index is 12.2. The van der Waals surface area contributed by atoms with E-state index in [-0.39, 0.29) is 5.91 Å². The SMILES string of the molecule is CCc1nc2ccc(Br)cn2c1C(=O)N(C)C. The lowest BCUT2D eigenvalue weighted by Gasteiger charge is -2.11. The highest BCUT2D eigenvalue weighted by Crippen LogP contribution is 2.18. The van der Waals surface area contributed by atoms with E-state index in [2.05, 4.69) is 20.9 Å². The number of nitrogens with zero attached hydrogens (tertiary/aromatic N) is 3. The van der Waals surface area contributed by atoms with Crippen LogP contribution in [0.1, 0.15) is 23.1 Å². The van der Waals surface area contributed by atoms with Gasteiger partial charge in [-0.05, 0) is 34.5 Å². The number of amides is 1. The van der Waals surface area contributed by atoms with Gasteiger partial charge in [-0.1, -0.05) is 6.92 Å². The second-order valence-electron chi connectivity index (χ2n) is 4.04. The van der Waals surface area contributed by atoms with Crippen molar-refractivity contribution in [2.45, 2.75) is 13.3 Å². The Labute approximate surface area is 108 Å². The molecule has 0 aliphatic heterocycles. The van der Waals surface area contributed by atoms with Crippen molar-refractivity contribution in [3.8, 4) is 0 Å². The third-order valence-electron chi connectivity index (χ3n) is 2.60. The van der Waals surface area contributed by atoms with Gasteiger partial charge in [-0.3, -0.25) is 9.20 Å². The quantitative estimate of drug-likeness (QED) is 0.853. The van der Waals surface area contributed by atoms with Gasteiger partial charge >= 0.3 is 0 Å². The fraction of sp³-hybridized carbons (Fsp3) is 0.333. The summed E-state index contributed by atoms with van der Waals surface area (Å²) in [7, 11) is 3.50. The number of rotatable bonds is 2. The molecule has 0 unspecified atom stereocenters. The largest absolute Gasteiger partial charge is 0.343 e. The molecule has 0 radical (unpaired) electrons. The molecule has 0 N–H and O–H groups in total. The predicted octanol–water partition coefficient (Wildman–Crippen LogP) is 2.36. The number of pyridine rings is 1. The van der Waals surface area contributed by atoms with E-state index in [0.29, 0.717) is 5.69 Å². The van der Waals surface area contributed by atoms with Crippen LogP contribution in [0.5, 0.6) is 0 Å². The highest BCUT2D eigenvalue weighted by Gasteiger charge is 2.19. The van der Waals surface area contributed by atoms with Crippen molar-refractivity contribution in [1.82, 2.24) is 14.3 Å². The van der Waals surface area contributed by atoms with Crippen molar-refractivity contribution < 1.29 is 4.79 Å². The summed E-state index contributed by atoms with van der Waals surface area (Å²) in [4.78, 5) is 18.2. The number of hydrogen-bond donors (Lipinski definition) is 0. The molecule has 5 heteroatoms. The molecule has 0 saturated carbocycles. The van der Waals surface area contributed by atoms with Gasteiger partial charge in [-0.2, -0.15) is 0 Å². The lowest BCUT2D eigenvalue weighted by molar-refractivity contribution is 0.0820. The van der Waals surface area contributed by atoms with Crippen LogP contribution in [-0.4, -0.2) is 34.3 Å². The van der Waals surface area contributed by atoms with Crippen LogP contribution in [0.15, 0.2) is 22.8 Å². The van der Waals surface area contributed by atoms with Crippen LogP contribution >= 0.6 is 15.9 Å². The Kier molecular flexibility index (Phi) is 3.19. The lowest BCUT2D eigenvalue weighted by Crippen LogP contribution is -2.24. The first-order valence-corrected chi connectivity index (χ1v) is 6.22. The zero-order valence-corrected chi connectivity index (χ0v) is 11.7. The number of imidazole rings is 1. The highest BCUT2D eigenvalue weighted by atomic mass is 79.9. The van der Waals surface area contributed by atoms with Crippen LogP contribution in [0, 0.1) is 0 Å². The number of carbonyl (C=O) groups is 1. The first-order chi connectivity index (χ1) is 8.04. The minimum atomic E-state index is -0.0209. The van der Waals surface area contributed by atoms with E-state index < -0.39 is 0 Å². The van der Waals surface area contributed by atoms with E-state index >= 15 is 0 Å². The smallest absolute Gasteiger partial charge is 0.272 e. The minimum Gasteiger partial charge on any atom is -0.343 e. The standard InChI is InChI=1S/C12H14BrN3O/c1-4-9-11(12(17)15(2)3)16-7-8(13)5-6-10(16)14-9/h5-7H,4H2,1-3H3. The van der Waals surface area contributed by atoms with E-state index in [1.54, 1.807) is 19.0 Å². The fourth-order valence-electron chi connectivity index (χ4n) is 1.75. The summed E-state index contributed by atoms with van der Waals surface area (Å²) in [6.07, 6.45) is 2.62. The number of aromatic nitrogens is 2. The summed E-state index contributed by atoms with van der Waals surface area (Å²) in [5.41, 5.74) is 2.28. The highest BCUT2D eigenvalue weighted by molar-refractivity contribution is 9.10. The monoisotopic (exact) mass is 295 g/mol. The van der Waals surface area contributed by atoms with Gasteiger partial charge in [-0.25, -0.2) is 4.98 Å². The molecule has 2 heterocycles. The Morgan fingerprint density at radius 3 is 2.76 bits per heavy atom. The molecule has 0 aliphatic rings. The van der Waals surface area contributed by atoms with E-state index in [1.807, 2.05) is 29.7 Å². The molecular weight excluding hydrogens is 282 g/mol. The van der Waals surface area contributed by atoms with Crippen molar-refractivity contribution in [2.24, 2.45) is 0 Å². The summed E-state index contributed by atoms with van der Waals surface area (Å²) in [6, 6.07) is 3.82. The molecule has 17 heavy (non-hydrogen) atoms. The molecule has 4 nitrogen and oxygen atoms in total. The van der Waals surface area contributed by atoms with Crippen molar-refractivity contribution in [3.05, 3.63) is 34.2 Å². The number of halogens is 1. The molecule has 0 saturated heterocycles. The zero-order chi connectivity index (χ0) is 12.6. The van der Waals surface area contributed by atoms with Crippen LogP contribution < -0.4 is 0 Å². The van der Waals surface area contributed by atoms with Gasteiger partial charge in [0.05, 0.1) is 5.69 Å². The van der Waals surface area contributed by atoms with E-state index in [9.17, 15) is 4.79 Å². The van der Waals surface area contributed by atoms with E-state index in [4.69, 9.17) is 0 Å². The average molecular weight is 296 g/mol. The third kappa shape index (κ3) is 2.07. The minimum absolute atomic E-state index is 0.0209. The van der Waals surface area contributed by atoms with Gasteiger partial charge in [0.2, 0.25) is 0 Å². The predicted molar refractivity (Wildman–Crippen MR) is 70.3 cm³/mol. The molecule has 0 bridgehead atoms. The summed E-state index contributed by atoms with van der Waals surface area (Å²) in [6.45, 7) is 2.00. The van der Waals surface area contributed by atoms with Crippen molar-refractivity contribution >= 4 is 27.5 Å². The lowest BCUT2D eigenvalue weighted by atomic mass is 10.2. The summed E-state index contributed by atoms with van der Waals surface area (Å²) >= 11 is 3.41. The Morgan fingerprint density at radius 2 is 2.18 bits per heavy atom. The zero-order valence-electron chi connectivity index (χ0n) is 10.1. The van der Waals surface area contributed by atoms with Crippen LogP contribution in [-0.2, 0) is 6.42 Å². The molecule has 0 aliphatic carbocycles. The van der Waals surface area contributed by atoms with Crippen molar-refractivity contribution in [3.63, 3.8) is 0 Å². The molecule has 2 rings (SSSR count). The van der Waals surface area contributed by atoms with Crippen molar-refractivity contribution in [1.29, 1.82) is 0 Å². The molecule has 0 fully saturated rings. The second kappa shape index (κ2) is 4.49. The van der Waals surface area contributed by atoms with Gasteiger partial charge in [0.1, 0.15) is 11.3 Å². The molecule has 90 valence electrons. The summed E-state index contributed by atoms with van der Waals surface area (Å²) in [5, 5.41) is 0. The molecule has 1 amide bonds. The topological polar surface area (TPSA) is 37.6 Å². The van der Waals surface area contributed by atoms with Gasteiger partial charge in [0.25, 0.3) is 5.91 Å².